The zero-order chi connectivity index (χ0) is 10.2. The summed E-state index contributed by atoms with van der Waals surface area (Å²) in [6, 6.07) is 4.12. The van der Waals surface area contributed by atoms with Crippen LogP contribution in [0, 0.1) is 0 Å². The summed E-state index contributed by atoms with van der Waals surface area (Å²) in [5.74, 6) is 0. The molecule has 0 spiro atoms. The Labute approximate surface area is 87.3 Å². The first kappa shape index (κ1) is 13.4. The van der Waals surface area contributed by atoms with E-state index in [-0.39, 0.29) is 9.76 Å². The molecule has 3 heteroatoms. The van der Waals surface area contributed by atoms with Crippen molar-refractivity contribution in [1.29, 1.82) is 0 Å². The van der Waals surface area contributed by atoms with E-state index < -0.39 is 8.32 Å². The quantitative estimate of drug-likeness (QED) is 0.449. The highest BCUT2D eigenvalue weighted by Crippen LogP contribution is 2.20. The lowest BCUT2D eigenvalue weighted by Gasteiger charge is -2.27. The molecule has 0 N–H and O–H groups in total. The Hall–Kier alpha value is 0.394. The van der Waals surface area contributed by atoms with Crippen LogP contribution in [0.25, 0.3) is 0 Å². The van der Waals surface area contributed by atoms with Gasteiger partial charge in [-0.2, -0.15) is 0 Å². The molecule has 80 valence electrons. The number of hydrogen-bond acceptors (Lipinski definition) is 1. The molecular formula is C10H26OSi2. The van der Waals surface area contributed by atoms with Gasteiger partial charge in [0.2, 0.25) is 0 Å². The second kappa shape index (κ2) is 7.77. The molecule has 0 atom stereocenters. The van der Waals surface area contributed by atoms with Gasteiger partial charge in [0, 0.05) is 0 Å². The van der Waals surface area contributed by atoms with E-state index in [9.17, 15) is 0 Å². The Bertz CT molecular complexity index is 111. The van der Waals surface area contributed by atoms with Crippen LogP contribution < -0.4 is 0 Å². The van der Waals surface area contributed by atoms with Crippen molar-refractivity contribution in [2.75, 3.05) is 0 Å². The molecule has 0 aromatic heterocycles. The summed E-state index contributed by atoms with van der Waals surface area (Å²) in [5, 5.41) is 0. The average Bonchev–Trinajstić information content (AvgIpc) is 2.05. The van der Waals surface area contributed by atoms with E-state index in [0.717, 1.165) is 0 Å². The minimum absolute atomic E-state index is 0.172. The predicted octanol–water partition coefficient (Wildman–Crippen LogP) is 3.31. The standard InChI is InChI=1S/C10H26OSi2/c1-5-8-12-11-13(4,9-6-2)10-7-3/h5-10,12H2,1-4H3. The van der Waals surface area contributed by atoms with Gasteiger partial charge >= 0.3 is 0 Å². The van der Waals surface area contributed by atoms with Gasteiger partial charge in [-0.25, -0.2) is 0 Å². The molecule has 0 bridgehead atoms. The average molecular weight is 218 g/mol. The van der Waals surface area contributed by atoms with E-state index in [1.165, 1.54) is 37.4 Å². The van der Waals surface area contributed by atoms with Crippen molar-refractivity contribution in [2.24, 2.45) is 0 Å². The SMILES string of the molecule is CCC[SiH2]O[Si](C)(CCC)CCC. The van der Waals surface area contributed by atoms with Crippen molar-refractivity contribution in [1.82, 2.24) is 0 Å². The maximum Gasteiger partial charge on any atom is 0.176 e. The normalized spacial score (nSPS) is 12.9. The molecule has 0 radical (unpaired) electrons. The summed E-state index contributed by atoms with van der Waals surface area (Å²) >= 11 is 0. The Morgan fingerprint density at radius 3 is 1.92 bits per heavy atom. The Balaban J connectivity index is 3.76. The van der Waals surface area contributed by atoms with Gasteiger partial charge in [-0.05, 0) is 24.7 Å². The fraction of sp³-hybridized carbons (Fsp3) is 1.00. The molecule has 0 aromatic rings. The summed E-state index contributed by atoms with van der Waals surface area (Å²) in [4.78, 5) is 0. The van der Waals surface area contributed by atoms with E-state index in [4.69, 9.17) is 4.12 Å². The smallest absolute Gasteiger partial charge is 0.176 e. The third-order valence-electron chi connectivity index (χ3n) is 2.51. The van der Waals surface area contributed by atoms with Gasteiger partial charge in [-0.1, -0.05) is 40.0 Å². The Kier molecular flexibility index (Phi) is 8.00. The summed E-state index contributed by atoms with van der Waals surface area (Å²) in [6.07, 6.45) is 3.93. The summed E-state index contributed by atoms with van der Waals surface area (Å²) in [6.45, 7) is 9.26. The first-order chi connectivity index (χ1) is 6.18. The molecule has 0 saturated heterocycles. The summed E-state index contributed by atoms with van der Waals surface area (Å²) < 4.78 is 6.23. The molecule has 0 aliphatic heterocycles. The largest absolute Gasteiger partial charge is 0.460 e. The van der Waals surface area contributed by atoms with E-state index in [2.05, 4.69) is 27.3 Å². The second-order valence-electron chi connectivity index (χ2n) is 4.15. The highest BCUT2D eigenvalue weighted by Gasteiger charge is 2.25. The van der Waals surface area contributed by atoms with Gasteiger partial charge in [-0.3, -0.25) is 0 Å². The molecule has 0 unspecified atom stereocenters. The molecular weight excluding hydrogens is 192 g/mol. The van der Waals surface area contributed by atoms with Crippen LogP contribution in [0.2, 0.25) is 24.7 Å². The molecule has 1 nitrogen and oxygen atoms in total. The van der Waals surface area contributed by atoms with Gasteiger partial charge in [0.05, 0.1) is 0 Å². The Morgan fingerprint density at radius 1 is 1.00 bits per heavy atom. The summed E-state index contributed by atoms with van der Waals surface area (Å²) in [7, 11) is -1.40. The lowest BCUT2D eigenvalue weighted by atomic mass is 10.6. The first-order valence-corrected chi connectivity index (χ1v) is 10.2. The fourth-order valence-electron chi connectivity index (χ4n) is 1.79. The lowest BCUT2D eigenvalue weighted by molar-refractivity contribution is 0.563. The Morgan fingerprint density at radius 2 is 1.54 bits per heavy atom. The molecule has 0 rings (SSSR count). The van der Waals surface area contributed by atoms with Crippen molar-refractivity contribution in [2.45, 2.75) is 64.7 Å². The van der Waals surface area contributed by atoms with E-state index in [1.54, 1.807) is 0 Å². The zero-order valence-corrected chi connectivity index (χ0v) is 12.3. The monoisotopic (exact) mass is 218 g/mol. The van der Waals surface area contributed by atoms with Gasteiger partial charge in [0.1, 0.15) is 9.76 Å². The number of hydrogen-bond donors (Lipinski definition) is 0. The lowest BCUT2D eigenvalue weighted by Crippen LogP contribution is -2.35. The van der Waals surface area contributed by atoms with E-state index in [0.29, 0.717) is 0 Å². The van der Waals surface area contributed by atoms with Crippen molar-refractivity contribution >= 4 is 18.1 Å². The van der Waals surface area contributed by atoms with Crippen LogP contribution in [0.5, 0.6) is 0 Å². The minimum Gasteiger partial charge on any atom is -0.460 e. The molecule has 0 fully saturated rings. The van der Waals surface area contributed by atoms with Gasteiger partial charge in [-0.15, -0.1) is 0 Å². The summed E-state index contributed by atoms with van der Waals surface area (Å²) in [5.41, 5.74) is 0. The maximum absolute atomic E-state index is 6.23. The van der Waals surface area contributed by atoms with Crippen molar-refractivity contribution in [3.05, 3.63) is 0 Å². The first-order valence-electron chi connectivity index (χ1n) is 5.82. The molecule has 0 amide bonds. The van der Waals surface area contributed by atoms with Crippen molar-refractivity contribution < 1.29 is 4.12 Å². The fourth-order valence-corrected chi connectivity index (χ4v) is 8.15. The van der Waals surface area contributed by atoms with Gasteiger partial charge < -0.3 is 4.12 Å². The van der Waals surface area contributed by atoms with Crippen LogP contribution in [0.1, 0.15) is 40.0 Å². The third kappa shape index (κ3) is 6.46. The van der Waals surface area contributed by atoms with Crippen molar-refractivity contribution in [3.63, 3.8) is 0 Å². The molecule has 0 heterocycles. The molecule has 0 aliphatic rings. The molecule has 0 aromatic carbocycles. The van der Waals surface area contributed by atoms with Crippen LogP contribution in [-0.4, -0.2) is 18.1 Å². The topological polar surface area (TPSA) is 9.23 Å². The molecule has 13 heavy (non-hydrogen) atoms. The predicted molar refractivity (Wildman–Crippen MR) is 66.5 cm³/mol. The number of rotatable bonds is 8. The van der Waals surface area contributed by atoms with Crippen LogP contribution in [-0.2, 0) is 4.12 Å². The van der Waals surface area contributed by atoms with Crippen molar-refractivity contribution in [3.8, 4) is 0 Å². The third-order valence-corrected chi connectivity index (χ3v) is 10.2. The van der Waals surface area contributed by atoms with E-state index in [1.807, 2.05) is 0 Å². The second-order valence-corrected chi connectivity index (χ2v) is 10.3. The van der Waals surface area contributed by atoms with Crippen LogP contribution >= 0.6 is 0 Å². The highest BCUT2D eigenvalue weighted by molar-refractivity contribution is 6.76. The maximum atomic E-state index is 6.23. The van der Waals surface area contributed by atoms with Crippen LogP contribution in [0.4, 0.5) is 0 Å². The molecule has 0 aliphatic carbocycles. The minimum atomic E-state index is -1.22. The van der Waals surface area contributed by atoms with Crippen LogP contribution in [0.3, 0.4) is 0 Å². The van der Waals surface area contributed by atoms with Crippen LogP contribution in [0.15, 0.2) is 0 Å². The molecule has 0 saturated carbocycles. The zero-order valence-electron chi connectivity index (χ0n) is 9.86. The van der Waals surface area contributed by atoms with Gasteiger partial charge in [0.25, 0.3) is 0 Å². The van der Waals surface area contributed by atoms with E-state index >= 15 is 0 Å². The van der Waals surface area contributed by atoms with Gasteiger partial charge in [0.15, 0.2) is 8.32 Å². The highest BCUT2D eigenvalue weighted by atomic mass is 28.4.